The van der Waals surface area contributed by atoms with Crippen molar-refractivity contribution >= 4 is 41.7 Å². The number of esters is 1. The van der Waals surface area contributed by atoms with Crippen molar-refractivity contribution in [1.29, 1.82) is 0 Å². The van der Waals surface area contributed by atoms with E-state index in [1.165, 1.54) is 24.3 Å². The second-order valence-electron chi connectivity index (χ2n) is 17.2. The van der Waals surface area contributed by atoms with Crippen molar-refractivity contribution in [2.24, 2.45) is 4.99 Å². The number of non-ortho nitro benzene ring substituents is 1. The third kappa shape index (κ3) is 13.8. The van der Waals surface area contributed by atoms with Crippen LogP contribution < -0.4 is 10.9 Å². The van der Waals surface area contributed by atoms with Crippen molar-refractivity contribution in [2.45, 2.75) is 125 Å². The zero-order valence-corrected chi connectivity index (χ0v) is 36.3. The van der Waals surface area contributed by atoms with Crippen LogP contribution in [0.15, 0.2) is 58.3 Å². The number of nitrogens with zero attached hydrogens (tertiary/aromatic N) is 5. The highest BCUT2D eigenvalue weighted by molar-refractivity contribution is 6.18. The number of hydrogen-bond acceptors (Lipinski definition) is 13. The van der Waals surface area contributed by atoms with E-state index in [4.69, 9.17) is 18.9 Å². The summed E-state index contributed by atoms with van der Waals surface area (Å²) < 4.78 is 22.6. The normalized spacial score (nSPS) is 13.7. The van der Waals surface area contributed by atoms with Crippen LogP contribution in [0.5, 0.6) is 0 Å². The highest BCUT2D eigenvalue weighted by atomic mass is 16.6. The predicted molar refractivity (Wildman–Crippen MR) is 222 cm³/mol. The molecule has 1 aromatic heterocycles. The number of hydrogen-bond donors (Lipinski definition) is 2. The predicted octanol–water partition coefficient (Wildman–Crippen LogP) is 5.79. The number of carbonyl (C=O) groups excluding carboxylic acids is 5. The summed E-state index contributed by atoms with van der Waals surface area (Å²) in [5.41, 5.74) is -1.22. The topological polar surface area (TPSA) is 234 Å². The molecule has 19 heteroatoms. The molecule has 3 aromatic rings. The molecule has 0 aliphatic carbocycles. The number of nitro benzene ring substituents is 1. The first-order valence-electron chi connectivity index (χ1n) is 19.7. The number of fused-ring (bicyclic) bond motifs is 1. The van der Waals surface area contributed by atoms with Gasteiger partial charge < -0.3 is 29.2 Å². The Morgan fingerprint density at radius 3 is 1.95 bits per heavy atom. The number of benzene rings is 2. The van der Waals surface area contributed by atoms with Gasteiger partial charge in [-0.3, -0.25) is 29.6 Å². The Morgan fingerprint density at radius 2 is 1.43 bits per heavy atom. The number of ether oxygens (including phenoxy) is 4. The molecule has 61 heavy (non-hydrogen) atoms. The van der Waals surface area contributed by atoms with Gasteiger partial charge in [0.2, 0.25) is 5.91 Å². The molecule has 4 amide bonds. The SMILES string of the molecule is CCOC(=O)Cn1[nH]c2c(c1=O)CN(C(=O)[C@H](Cc1ccc([N+](=O)[O-])cc1)NCc1ccc(C(=NC(=O)OC(C)(C)C)N(C(=O)OC(C)(C)C)C(=O)OC(C)(C)C)cc1)CC2. The average molecular weight is 850 g/mol. The number of H-pyrrole nitrogens is 1. The number of aromatic amines is 1. The highest BCUT2D eigenvalue weighted by Crippen LogP contribution is 2.22. The lowest BCUT2D eigenvalue weighted by molar-refractivity contribution is -0.384. The quantitative estimate of drug-likeness (QED) is 0.0582. The number of nitro groups is 1. The molecule has 0 bridgehead atoms. The van der Waals surface area contributed by atoms with E-state index in [-0.39, 0.29) is 56.4 Å². The molecular weight excluding hydrogens is 794 g/mol. The van der Waals surface area contributed by atoms with Gasteiger partial charge in [0, 0.05) is 42.9 Å². The Labute approximate surface area is 353 Å². The molecule has 0 spiro atoms. The molecule has 0 saturated heterocycles. The van der Waals surface area contributed by atoms with Gasteiger partial charge in [0.1, 0.15) is 23.3 Å². The van der Waals surface area contributed by atoms with Crippen molar-refractivity contribution in [3.05, 3.63) is 96.9 Å². The zero-order chi connectivity index (χ0) is 45.4. The Balaban J connectivity index is 1.66. The largest absolute Gasteiger partial charge is 0.465 e. The third-order valence-corrected chi connectivity index (χ3v) is 8.63. The molecule has 19 nitrogen and oxygen atoms in total. The van der Waals surface area contributed by atoms with E-state index < -0.39 is 63.4 Å². The molecule has 1 aliphatic rings. The van der Waals surface area contributed by atoms with E-state index in [9.17, 15) is 38.9 Å². The fraction of sp³-hybridized carbons (Fsp3) is 0.500. The van der Waals surface area contributed by atoms with E-state index in [1.54, 1.807) is 98.4 Å². The van der Waals surface area contributed by atoms with E-state index in [1.807, 2.05) is 0 Å². The summed E-state index contributed by atoms with van der Waals surface area (Å²) in [5.74, 6) is -1.33. The van der Waals surface area contributed by atoms with Gasteiger partial charge in [-0.1, -0.05) is 36.4 Å². The first kappa shape index (κ1) is 47.3. The monoisotopic (exact) mass is 849 g/mol. The van der Waals surface area contributed by atoms with E-state index in [0.29, 0.717) is 33.7 Å². The van der Waals surface area contributed by atoms with Crippen LogP contribution in [-0.4, -0.2) is 96.5 Å². The summed E-state index contributed by atoms with van der Waals surface area (Å²) in [7, 11) is 0. The van der Waals surface area contributed by atoms with Gasteiger partial charge in [-0.2, -0.15) is 9.89 Å². The average Bonchev–Trinajstić information content (AvgIpc) is 3.44. The van der Waals surface area contributed by atoms with E-state index in [0.717, 1.165) is 4.68 Å². The van der Waals surface area contributed by atoms with Gasteiger partial charge in [0.15, 0.2) is 5.84 Å². The first-order valence-corrected chi connectivity index (χ1v) is 19.7. The molecule has 1 atom stereocenters. The second kappa shape index (κ2) is 19.3. The van der Waals surface area contributed by atoms with Crippen LogP contribution in [0.25, 0.3) is 0 Å². The number of rotatable bonds is 11. The fourth-order valence-electron chi connectivity index (χ4n) is 6.04. The summed E-state index contributed by atoms with van der Waals surface area (Å²) in [6, 6.07) is 11.3. The van der Waals surface area contributed by atoms with Gasteiger partial charge >= 0.3 is 24.2 Å². The summed E-state index contributed by atoms with van der Waals surface area (Å²) in [4.78, 5) is 96.8. The number of carbonyl (C=O) groups is 5. The van der Waals surface area contributed by atoms with Crippen molar-refractivity contribution in [3.63, 3.8) is 0 Å². The maximum absolute atomic E-state index is 14.2. The minimum Gasteiger partial charge on any atom is -0.465 e. The lowest BCUT2D eigenvalue weighted by Crippen LogP contribution is -2.49. The summed E-state index contributed by atoms with van der Waals surface area (Å²) in [6.45, 7) is 16.4. The van der Waals surface area contributed by atoms with Crippen molar-refractivity contribution < 1.29 is 47.8 Å². The second-order valence-corrected chi connectivity index (χ2v) is 17.2. The lowest BCUT2D eigenvalue weighted by atomic mass is 10.0. The minimum atomic E-state index is -1.15. The smallest absolute Gasteiger partial charge is 0.436 e. The minimum absolute atomic E-state index is 0.0159. The van der Waals surface area contributed by atoms with Crippen molar-refractivity contribution in [1.82, 2.24) is 24.9 Å². The molecule has 0 saturated carbocycles. The van der Waals surface area contributed by atoms with E-state index >= 15 is 0 Å². The van der Waals surface area contributed by atoms with Gasteiger partial charge in [-0.15, -0.1) is 0 Å². The number of nitrogens with one attached hydrogen (secondary N) is 2. The number of aromatic nitrogens is 2. The number of imide groups is 1. The van der Waals surface area contributed by atoms with E-state index in [2.05, 4.69) is 15.4 Å². The molecule has 1 aliphatic heterocycles. The number of aliphatic imine (C=N–C) groups is 1. The molecule has 0 radical (unpaired) electrons. The Morgan fingerprint density at radius 1 is 0.869 bits per heavy atom. The Hall–Kier alpha value is -6.37. The number of amidine groups is 1. The molecule has 0 fully saturated rings. The molecule has 2 heterocycles. The van der Waals surface area contributed by atoms with Crippen molar-refractivity contribution in [3.8, 4) is 0 Å². The molecule has 2 N–H and O–H groups in total. The molecule has 0 unspecified atom stereocenters. The highest BCUT2D eigenvalue weighted by Gasteiger charge is 2.37. The number of amides is 4. The maximum atomic E-state index is 14.2. The molecular formula is C42H55N7O12. The summed E-state index contributed by atoms with van der Waals surface area (Å²) in [5, 5.41) is 17.6. The van der Waals surface area contributed by atoms with Gasteiger partial charge in [-0.25, -0.2) is 19.1 Å². The molecule has 4 rings (SSSR count). The van der Waals surface area contributed by atoms with Crippen LogP contribution in [0.3, 0.4) is 0 Å². The van der Waals surface area contributed by atoms with Crippen LogP contribution in [-0.2, 0) is 61.0 Å². The Kier molecular flexibility index (Phi) is 15.0. The first-order chi connectivity index (χ1) is 28.3. The van der Waals surface area contributed by atoms with Crippen LogP contribution in [0.4, 0.5) is 20.1 Å². The van der Waals surface area contributed by atoms with Gasteiger partial charge in [-0.05, 0) is 86.8 Å². The van der Waals surface area contributed by atoms with Gasteiger partial charge in [0.05, 0.1) is 29.7 Å². The standard InChI is InChI=1S/C42H55N7O12/c1-11-58-33(50)25-47-35(51)30-24-46(21-20-31(30)45-47)36(52)32(22-26-14-18-29(19-15-26)49(56)57)43-23-27-12-16-28(17-13-27)34(44-37(53)59-40(2,3)4)48(38(54)60-41(5,6)7)39(55)61-42(8,9)10/h12-19,32,43,45H,11,20-25H2,1-10H3/t32-/m0/s1. The van der Waals surface area contributed by atoms with Crippen LogP contribution in [0.1, 0.15) is 97.2 Å². The molecule has 2 aromatic carbocycles. The third-order valence-electron chi connectivity index (χ3n) is 8.63. The summed E-state index contributed by atoms with van der Waals surface area (Å²) in [6.07, 6.45) is -2.92. The zero-order valence-electron chi connectivity index (χ0n) is 36.3. The van der Waals surface area contributed by atoms with Crippen LogP contribution in [0, 0.1) is 10.1 Å². The fourth-order valence-corrected chi connectivity index (χ4v) is 6.04. The summed E-state index contributed by atoms with van der Waals surface area (Å²) >= 11 is 0. The Bertz CT molecular complexity index is 2160. The van der Waals surface area contributed by atoms with Crippen molar-refractivity contribution in [2.75, 3.05) is 13.2 Å². The van der Waals surface area contributed by atoms with Gasteiger partial charge in [0.25, 0.3) is 11.2 Å². The van der Waals surface area contributed by atoms with Crippen LogP contribution >= 0.6 is 0 Å². The van der Waals surface area contributed by atoms with Crippen LogP contribution in [0.2, 0.25) is 0 Å². The molecule has 330 valence electrons. The maximum Gasteiger partial charge on any atom is 0.436 e. The lowest BCUT2D eigenvalue weighted by Gasteiger charge is -2.30.